The number of carbonyl (C=O) groups excluding carboxylic acids is 1. The predicted molar refractivity (Wildman–Crippen MR) is 99.2 cm³/mol. The van der Waals surface area contributed by atoms with Gasteiger partial charge in [-0.05, 0) is 51.0 Å². The Morgan fingerprint density at radius 2 is 2.04 bits per heavy atom. The minimum atomic E-state index is 0.166. The zero-order chi connectivity index (χ0) is 17.8. The van der Waals surface area contributed by atoms with Crippen molar-refractivity contribution >= 4 is 5.91 Å². The number of nitrogens with zero attached hydrogens (tertiary/aromatic N) is 4. The van der Waals surface area contributed by atoms with Gasteiger partial charge in [0, 0.05) is 29.9 Å². The molecule has 2 aliphatic carbocycles. The fourth-order valence-corrected chi connectivity index (χ4v) is 3.97. The molecule has 1 saturated carbocycles. The largest absolute Gasteiger partial charge is 0.353 e. The highest BCUT2D eigenvalue weighted by Crippen LogP contribution is 2.30. The van der Waals surface area contributed by atoms with Crippen molar-refractivity contribution in [3.8, 4) is 11.3 Å². The lowest BCUT2D eigenvalue weighted by Crippen LogP contribution is -2.41. The van der Waals surface area contributed by atoms with Crippen LogP contribution in [0.4, 0.5) is 0 Å². The Hall–Kier alpha value is -2.50. The van der Waals surface area contributed by atoms with Gasteiger partial charge in [-0.3, -0.25) is 9.48 Å². The summed E-state index contributed by atoms with van der Waals surface area (Å²) < 4.78 is 2.06. The van der Waals surface area contributed by atoms with E-state index in [4.69, 9.17) is 0 Å². The minimum Gasteiger partial charge on any atom is -0.353 e. The van der Waals surface area contributed by atoms with Crippen LogP contribution in [0.25, 0.3) is 11.3 Å². The highest BCUT2D eigenvalue weighted by atomic mass is 16.1. The molecule has 6 heteroatoms. The molecular formula is C20H25N5O. The van der Waals surface area contributed by atoms with Crippen LogP contribution in [0.1, 0.15) is 51.0 Å². The van der Waals surface area contributed by atoms with Crippen molar-refractivity contribution in [2.75, 3.05) is 0 Å². The van der Waals surface area contributed by atoms with E-state index in [0.717, 1.165) is 56.2 Å². The van der Waals surface area contributed by atoms with E-state index >= 15 is 0 Å². The van der Waals surface area contributed by atoms with Crippen molar-refractivity contribution in [1.29, 1.82) is 0 Å². The Bertz CT molecular complexity index is 762. The third-order valence-electron chi connectivity index (χ3n) is 5.54. The van der Waals surface area contributed by atoms with E-state index in [1.807, 2.05) is 12.3 Å². The van der Waals surface area contributed by atoms with Crippen LogP contribution in [0.5, 0.6) is 0 Å². The van der Waals surface area contributed by atoms with Crippen LogP contribution >= 0.6 is 0 Å². The van der Waals surface area contributed by atoms with Crippen LogP contribution in [-0.2, 0) is 4.79 Å². The Morgan fingerprint density at radius 3 is 2.77 bits per heavy atom. The Kier molecular flexibility index (Phi) is 5.09. The maximum atomic E-state index is 12.4. The van der Waals surface area contributed by atoms with Crippen LogP contribution in [-0.4, -0.2) is 31.7 Å². The molecule has 4 rings (SSSR count). The molecule has 0 radical (unpaired) electrons. The monoisotopic (exact) mass is 351 g/mol. The quantitative estimate of drug-likeness (QED) is 0.858. The molecule has 136 valence electrons. The van der Waals surface area contributed by atoms with Gasteiger partial charge in [-0.1, -0.05) is 12.2 Å². The zero-order valence-electron chi connectivity index (χ0n) is 14.9. The second kappa shape index (κ2) is 7.81. The van der Waals surface area contributed by atoms with Crippen molar-refractivity contribution in [2.24, 2.45) is 5.92 Å². The first-order valence-corrected chi connectivity index (χ1v) is 9.55. The van der Waals surface area contributed by atoms with Crippen LogP contribution < -0.4 is 5.32 Å². The molecule has 0 spiro atoms. The van der Waals surface area contributed by atoms with Crippen LogP contribution in [0.3, 0.4) is 0 Å². The number of aromatic nitrogens is 4. The van der Waals surface area contributed by atoms with Crippen molar-refractivity contribution in [3.05, 3.63) is 43.1 Å². The topological polar surface area (TPSA) is 72.7 Å². The molecule has 2 aliphatic rings. The summed E-state index contributed by atoms with van der Waals surface area (Å²) in [4.78, 5) is 20.6. The van der Waals surface area contributed by atoms with Gasteiger partial charge in [0.25, 0.3) is 0 Å². The summed E-state index contributed by atoms with van der Waals surface area (Å²) in [6.45, 7) is 0. The number of allylic oxidation sites excluding steroid dienone is 2. The van der Waals surface area contributed by atoms with Crippen LogP contribution in [0.15, 0.2) is 43.1 Å². The number of rotatable bonds is 4. The first kappa shape index (κ1) is 16.9. The maximum Gasteiger partial charge on any atom is 0.223 e. The Labute approximate surface area is 153 Å². The number of amides is 1. The third kappa shape index (κ3) is 3.84. The summed E-state index contributed by atoms with van der Waals surface area (Å²) in [6, 6.07) is 2.60. The number of carbonyl (C=O) groups is 1. The molecule has 6 nitrogen and oxygen atoms in total. The van der Waals surface area contributed by atoms with E-state index in [1.165, 1.54) is 0 Å². The molecule has 0 bridgehead atoms. The second-order valence-corrected chi connectivity index (χ2v) is 7.30. The van der Waals surface area contributed by atoms with Crippen molar-refractivity contribution in [1.82, 2.24) is 25.1 Å². The van der Waals surface area contributed by atoms with E-state index in [2.05, 4.69) is 43.4 Å². The van der Waals surface area contributed by atoms with Gasteiger partial charge in [0.15, 0.2) is 0 Å². The van der Waals surface area contributed by atoms with Gasteiger partial charge >= 0.3 is 0 Å². The van der Waals surface area contributed by atoms with Gasteiger partial charge in [-0.2, -0.15) is 5.10 Å². The van der Waals surface area contributed by atoms with Crippen LogP contribution in [0.2, 0.25) is 0 Å². The van der Waals surface area contributed by atoms with E-state index in [9.17, 15) is 4.79 Å². The van der Waals surface area contributed by atoms with E-state index < -0.39 is 0 Å². The van der Waals surface area contributed by atoms with Gasteiger partial charge in [-0.25, -0.2) is 9.97 Å². The lowest BCUT2D eigenvalue weighted by Gasteiger charge is -2.30. The summed E-state index contributed by atoms with van der Waals surface area (Å²) in [7, 11) is 0. The highest BCUT2D eigenvalue weighted by Gasteiger charge is 2.26. The summed E-state index contributed by atoms with van der Waals surface area (Å²) in [6.07, 6.45) is 18.6. The van der Waals surface area contributed by atoms with Crippen molar-refractivity contribution in [3.63, 3.8) is 0 Å². The summed E-state index contributed by atoms with van der Waals surface area (Å²) in [5.74, 6) is 0.405. The third-order valence-corrected chi connectivity index (χ3v) is 5.54. The van der Waals surface area contributed by atoms with Gasteiger partial charge in [0.2, 0.25) is 5.91 Å². The molecule has 2 aromatic rings. The number of hydrogen-bond donors (Lipinski definition) is 1. The fourth-order valence-electron chi connectivity index (χ4n) is 3.97. The molecule has 26 heavy (non-hydrogen) atoms. The molecule has 2 aromatic heterocycles. The summed E-state index contributed by atoms with van der Waals surface area (Å²) in [5.41, 5.74) is 1.92. The predicted octanol–water partition coefficient (Wildman–Crippen LogP) is 3.30. The first-order valence-electron chi connectivity index (χ1n) is 9.55. The molecule has 1 N–H and O–H groups in total. The SMILES string of the molecule is O=C(NC1CCC(n2cc(-c3ccncn3)cn2)CC1)C1CC=CCC1. The van der Waals surface area contributed by atoms with Crippen molar-refractivity contribution in [2.45, 2.75) is 57.0 Å². The lowest BCUT2D eigenvalue weighted by molar-refractivity contribution is -0.126. The molecule has 2 heterocycles. The van der Waals surface area contributed by atoms with E-state index in [1.54, 1.807) is 12.5 Å². The Morgan fingerprint density at radius 1 is 1.15 bits per heavy atom. The fraction of sp³-hybridized carbons (Fsp3) is 0.500. The normalized spacial score (nSPS) is 25.8. The van der Waals surface area contributed by atoms with E-state index in [-0.39, 0.29) is 11.8 Å². The average Bonchev–Trinajstić information content (AvgIpc) is 3.20. The average molecular weight is 351 g/mol. The molecule has 0 aromatic carbocycles. The number of hydrogen-bond acceptors (Lipinski definition) is 4. The number of nitrogens with one attached hydrogen (secondary N) is 1. The van der Waals surface area contributed by atoms with Gasteiger partial charge in [-0.15, -0.1) is 0 Å². The van der Waals surface area contributed by atoms with Gasteiger partial charge < -0.3 is 5.32 Å². The van der Waals surface area contributed by atoms with Gasteiger partial charge in [0.05, 0.1) is 17.9 Å². The smallest absolute Gasteiger partial charge is 0.223 e. The maximum absolute atomic E-state index is 12.4. The highest BCUT2D eigenvalue weighted by molar-refractivity contribution is 5.79. The molecule has 1 amide bonds. The lowest BCUT2D eigenvalue weighted by atomic mass is 9.89. The van der Waals surface area contributed by atoms with Crippen molar-refractivity contribution < 1.29 is 4.79 Å². The summed E-state index contributed by atoms with van der Waals surface area (Å²) in [5, 5.41) is 7.81. The molecule has 1 unspecified atom stereocenters. The molecule has 1 atom stereocenters. The second-order valence-electron chi connectivity index (χ2n) is 7.30. The zero-order valence-corrected chi connectivity index (χ0v) is 14.9. The minimum absolute atomic E-state index is 0.166. The summed E-state index contributed by atoms with van der Waals surface area (Å²) >= 11 is 0. The Balaban J connectivity index is 1.30. The van der Waals surface area contributed by atoms with E-state index in [0.29, 0.717) is 12.1 Å². The van der Waals surface area contributed by atoms with Crippen LogP contribution in [0, 0.1) is 5.92 Å². The molecule has 0 aliphatic heterocycles. The molecule has 1 fully saturated rings. The first-order chi connectivity index (χ1) is 12.8. The van der Waals surface area contributed by atoms with Gasteiger partial charge in [0.1, 0.15) is 6.33 Å². The molecule has 0 saturated heterocycles. The standard InChI is InChI=1S/C20H25N5O/c26-20(15-4-2-1-3-5-15)24-17-6-8-18(9-7-17)25-13-16(12-23-25)19-10-11-21-14-22-19/h1-2,10-15,17-18H,3-9H2,(H,24,26). The molecular weight excluding hydrogens is 326 g/mol.